The number of carboxylic acid groups (broad SMARTS) is 1. The third-order valence-electron chi connectivity index (χ3n) is 3.23. The summed E-state index contributed by atoms with van der Waals surface area (Å²) < 4.78 is 25.7. The Balaban J connectivity index is 2.35. The number of carbonyl (C=O) groups is 2. The van der Waals surface area contributed by atoms with Crippen molar-refractivity contribution in [1.82, 2.24) is 4.31 Å². The molecule has 3 N–H and O–H groups in total. The molecule has 8 heteroatoms. The van der Waals surface area contributed by atoms with Crippen LogP contribution in [0.25, 0.3) is 0 Å². The van der Waals surface area contributed by atoms with Crippen LogP contribution >= 0.6 is 0 Å². The SMILES string of the molecule is NC(=O)c1ccc(S(=O)(=O)N2CCCC2C(=O)O)cc1. The van der Waals surface area contributed by atoms with Crippen molar-refractivity contribution in [2.45, 2.75) is 23.8 Å². The molecule has 20 heavy (non-hydrogen) atoms. The number of aliphatic carboxylic acids is 1. The highest BCUT2D eigenvalue weighted by Gasteiger charge is 2.39. The van der Waals surface area contributed by atoms with E-state index in [-0.39, 0.29) is 17.0 Å². The number of carboxylic acids is 1. The van der Waals surface area contributed by atoms with E-state index in [0.717, 1.165) is 4.31 Å². The van der Waals surface area contributed by atoms with Crippen molar-refractivity contribution in [2.24, 2.45) is 5.73 Å². The Bertz CT molecular complexity index is 638. The lowest BCUT2D eigenvalue weighted by Gasteiger charge is -2.20. The largest absolute Gasteiger partial charge is 0.480 e. The molecule has 0 bridgehead atoms. The number of benzene rings is 1. The quantitative estimate of drug-likeness (QED) is 0.812. The molecule has 1 aliphatic rings. The standard InChI is InChI=1S/C12H14N2O5S/c13-11(15)8-3-5-9(6-4-8)20(18,19)14-7-1-2-10(14)12(16)17/h3-6,10H,1-2,7H2,(H2,13,15)(H,16,17). The van der Waals surface area contributed by atoms with E-state index in [2.05, 4.69) is 0 Å². The number of amides is 1. The molecule has 1 heterocycles. The molecule has 2 rings (SSSR count). The fraction of sp³-hybridized carbons (Fsp3) is 0.333. The van der Waals surface area contributed by atoms with Crippen LogP contribution in [0, 0.1) is 0 Å². The summed E-state index contributed by atoms with van der Waals surface area (Å²) in [6, 6.07) is 4.09. The Morgan fingerprint density at radius 2 is 1.85 bits per heavy atom. The zero-order chi connectivity index (χ0) is 14.9. The lowest BCUT2D eigenvalue weighted by atomic mass is 10.2. The second-order valence-corrected chi connectivity index (χ2v) is 6.39. The molecule has 1 amide bonds. The predicted molar refractivity (Wildman–Crippen MR) is 69.5 cm³/mol. The molecule has 1 aliphatic heterocycles. The van der Waals surface area contributed by atoms with E-state index in [0.29, 0.717) is 12.8 Å². The average molecular weight is 298 g/mol. The van der Waals surface area contributed by atoms with Crippen LogP contribution in [0.2, 0.25) is 0 Å². The van der Waals surface area contributed by atoms with Crippen molar-refractivity contribution in [2.75, 3.05) is 6.54 Å². The summed E-state index contributed by atoms with van der Waals surface area (Å²) in [7, 11) is -3.87. The minimum atomic E-state index is -3.87. The van der Waals surface area contributed by atoms with Crippen LogP contribution in [-0.2, 0) is 14.8 Å². The van der Waals surface area contributed by atoms with Gasteiger partial charge in [-0.2, -0.15) is 4.31 Å². The molecule has 1 aromatic carbocycles. The highest BCUT2D eigenvalue weighted by Crippen LogP contribution is 2.26. The maximum absolute atomic E-state index is 12.4. The number of carbonyl (C=O) groups excluding carboxylic acids is 1. The summed E-state index contributed by atoms with van der Waals surface area (Å²) in [6.07, 6.45) is 0.809. The van der Waals surface area contributed by atoms with Crippen molar-refractivity contribution in [3.63, 3.8) is 0 Å². The average Bonchev–Trinajstić information content (AvgIpc) is 2.89. The van der Waals surface area contributed by atoms with Gasteiger partial charge in [-0.15, -0.1) is 0 Å². The highest BCUT2D eigenvalue weighted by molar-refractivity contribution is 7.89. The van der Waals surface area contributed by atoms with Gasteiger partial charge in [0, 0.05) is 12.1 Å². The zero-order valence-electron chi connectivity index (χ0n) is 10.5. The number of sulfonamides is 1. The van der Waals surface area contributed by atoms with Crippen molar-refractivity contribution in [1.29, 1.82) is 0 Å². The van der Waals surface area contributed by atoms with E-state index in [1.165, 1.54) is 24.3 Å². The summed E-state index contributed by atoms with van der Waals surface area (Å²) in [6.45, 7) is 0.177. The third kappa shape index (κ3) is 2.52. The molecule has 7 nitrogen and oxygen atoms in total. The summed E-state index contributed by atoms with van der Waals surface area (Å²) in [4.78, 5) is 22.0. The highest BCUT2D eigenvalue weighted by atomic mass is 32.2. The minimum Gasteiger partial charge on any atom is -0.480 e. The summed E-state index contributed by atoms with van der Waals surface area (Å²) in [5, 5.41) is 9.04. The van der Waals surface area contributed by atoms with E-state index in [9.17, 15) is 18.0 Å². The lowest BCUT2D eigenvalue weighted by molar-refractivity contribution is -0.140. The molecule has 1 aromatic rings. The fourth-order valence-corrected chi connectivity index (χ4v) is 3.85. The Morgan fingerprint density at radius 1 is 1.25 bits per heavy atom. The smallest absolute Gasteiger partial charge is 0.322 e. The van der Waals surface area contributed by atoms with Crippen LogP contribution in [-0.4, -0.2) is 42.3 Å². The van der Waals surface area contributed by atoms with Gasteiger partial charge in [-0.25, -0.2) is 8.42 Å². The maximum atomic E-state index is 12.4. The van der Waals surface area contributed by atoms with Gasteiger partial charge in [-0.3, -0.25) is 9.59 Å². The molecule has 0 spiro atoms. The first-order valence-electron chi connectivity index (χ1n) is 5.98. The lowest BCUT2D eigenvalue weighted by Crippen LogP contribution is -2.40. The van der Waals surface area contributed by atoms with Crippen LogP contribution in [0.15, 0.2) is 29.2 Å². The number of primary amides is 1. The molecule has 1 saturated heterocycles. The second kappa shape index (κ2) is 5.22. The van der Waals surface area contributed by atoms with Crippen LogP contribution in [0.5, 0.6) is 0 Å². The topological polar surface area (TPSA) is 118 Å². The third-order valence-corrected chi connectivity index (χ3v) is 5.16. The molecular formula is C12H14N2O5S. The number of nitrogens with zero attached hydrogens (tertiary/aromatic N) is 1. The molecule has 1 unspecified atom stereocenters. The Labute approximate surface area is 116 Å². The van der Waals surface area contributed by atoms with E-state index < -0.39 is 27.9 Å². The van der Waals surface area contributed by atoms with Gasteiger partial charge in [0.1, 0.15) is 6.04 Å². The van der Waals surface area contributed by atoms with Gasteiger partial charge in [0.25, 0.3) is 0 Å². The van der Waals surface area contributed by atoms with Gasteiger partial charge < -0.3 is 10.8 Å². The number of hydrogen-bond donors (Lipinski definition) is 2. The van der Waals surface area contributed by atoms with Gasteiger partial charge in [-0.05, 0) is 37.1 Å². The Morgan fingerprint density at radius 3 is 2.35 bits per heavy atom. The molecule has 0 radical (unpaired) electrons. The minimum absolute atomic E-state index is 0.0457. The molecule has 0 aromatic heterocycles. The van der Waals surface area contributed by atoms with Crippen LogP contribution in [0.1, 0.15) is 23.2 Å². The van der Waals surface area contributed by atoms with Crippen molar-refractivity contribution < 1.29 is 23.1 Å². The number of hydrogen-bond acceptors (Lipinski definition) is 4. The first kappa shape index (κ1) is 14.5. The first-order chi connectivity index (χ1) is 9.34. The normalized spacial score (nSPS) is 19.9. The molecule has 0 saturated carbocycles. The van der Waals surface area contributed by atoms with Crippen LogP contribution in [0.4, 0.5) is 0 Å². The van der Waals surface area contributed by atoms with Crippen molar-refractivity contribution >= 4 is 21.9 Å². The monoisotopic (exact) mass is 298 g/mol. The summed E-state index contributed by atoms with van der Waals surface area (Å²) >= 11 is 0. The molecule has 1 fully saturated rings. The number of nitrogens with two attached hydrogens (primary N) is 1. The second-order valence-electron chi connectivity index (χ2n) is 4.50. The first-order valence-corrected chi connectivity index (χ1v) is 7.42. The van der Waals surface area contributed by atoms with E-state index in [1.807, 2.05) is 0 Å². The van der Waals surface area contributed by atoms with Gasteiger partial charge in [0.15, 0.2) is 0 Å². The summed E-state index contributed by atoms with van der Waals surface area (Å²) in [5.41, 5.74) is 5.27. The summed E-state index contributed by atoms with van der Waals surface area (Å²) in [5.74, 6) is -1.81. The van der Waals surface area contributed by atoms with E-state index in [4.69, 9.17) is 10.8 Å². The fourth-order valence-electron chi connectivity index (χ4n) is 2.20. The molecular weight excluding hydrogens is 284 g/mol. The van der Waals surface area contributed by atoms with Gasteiger partial charge >= 0.3 is 5.97 Å². The predicted octanol–water partition coefficient (Wildman–Crippen LogP) is 0.0232. The van der Waals surface area contributed by atoms with E-state index in [1.54, 1.807) is 0 Å². The van der Waals surface area contributed by atoms with Gasteiger partial charge in [-0.1, -0.05) is 0 Å². The van der Waals surface area contributed by atoms with E-state index >= 15 is 0 Å². The number of rotatable bonds is 4. The van der Waals surface area contributed by atoms with Crippen LogP contribution in [0.3, 0.4) is 0 Å². The molecule has 0 aliphatic carbocycles. The van der Waals surface area contributed by atoms with Crippen molar-refractivity contribution in [3.8, 4) is 0 Å². The maximum Gasteiger partial charge on any atom is 0.322 e. The van der Waals surface area contributed by atoms with Gasteiger partial charge in [0.2, 0.25) is 15.9 Å². The molecule has 1 atom stereocenters. The Hall–Kier alpha value is -1.93. The van der Waals surface area contributed by atoms with Crippen molar-refractivity contribution in [3.05, 3.63) is 29.8 Å². The van der Waals surface area contributed by atoms with Crippen LogP contribution < -0.4 is 5.73 Å². The molecule has 108 valence electrons. The Kier molecular flexibility index (Phi) is 3.78. The zero-order valence-corrected chi connectivity index (χ0v) is 11.3. The van der Waals surface area contributed by atoms with Gasteiger partial charge in [0.05, 0.1) is 4.90 Å².